The Balaban J connectivity index is 2.26. The molecule has 0 aliphatic carbocycles. The highest BCUT2D eigenvalue weighted by Crippen LogP contribution is 2.24. The summed E-state index contributed by atoms with van der Waals surface area (Å²) in [4.78, 5) is 10.8. The smallest absolute Gasteiger partial charge is 0.339 e. The number of hydrogen-bond acceptors (Lipinski definition) is 3. The summed E-state index contributed by atoms with van der Waals surface area (Å²) in [6.45, 7) is 3.40. The summed E-state index contributed by atoms with van der Waals surface area (Å²) in [6.07, 6.45) is 1.75. The molecule has 0 saturated heterocycles. The Morgan fingerprint density at radius 3 is 3.20 bits per heavy atom. The SMILES string of the molecule is CC(c1c[nH][n+]2c1NCC2)N(O)C(N)=O. The van der Waals surface area contributed by atoms with Crippen LogP contribution in [0.1, 0.15) is 18.5 Å². The second kappa shape index (κ2) is 3.43. The molecule has 7 heteroatoms. The first kappa shape index (κ1) is 9.78. The number of hydrogen-bond donors (Lipinski definition) is 4. The van der Waals surface area contributed by atoms with Crippen LogP contribution in [0.2, 0.25) is 0 Å². The molecule has 0 bridgehead atoms. The van der Waals surface area contributed by atoms with Crippen molar-refractivity contribution in [2.75, 3.05) is 11.9 Å². The lowest BCUT2D eigenvalue weighted by molar-refractivity contribution is -0.726. The molecule has 1 aromatic rings. The summed E-state index contributed by atoms with van der Waals surface area (Å²) in [5, 5.41) is 16.1. The van der Waals surface area contributed by atoms with Gasteiger partial charge in [0.15, 0.2) is 0 Å². The number of aromatic amines is 1. The number of anilines is 1. The Hall–Kier alpha value is -1.76. The van der Waals surface area contributed by atoms with Crippen LogP contribution in [-0.4, -0.2) is 27.9 Å². The number of nitrogens with one attached hydrogen (secondary N) is 2. The van der Waals surface area contributed by atoms with Crippen molar-refractivity contribution >= 4 is 11.8 Å². The molecule has 7 nitrogen and oxygen atoms in total. The van der Waals surface area contributed by atoms with E-state index in [2.05, 4.69) is 10.4 Å². The number of fused-ring (bicyclic) bond motifs is 1. The quantitative estimate of drug-likeness (QED) is 0.304. The minimum Gasteiger partial charge on any atom is -0.350 e. The van der Waals surface area contributed by atoms with E-state index in [1.54, 1.807) is 13.1 Å². The fourth-order valence-electron chi connectivity index (χ4n) is 1.74. The van der Waals surface area contributed by atoms with Crippen molar-refractivity contribution in [2.45, 2.75) is 19.5 Å². The highest BCUT2D eigenvalue weighted by atomic mass is 16.5. The molecule has 2 rings (SSSR count). The molecule has 1 aromatic heterocycles. The molecule has 1 aliphatic heterocycles. The Kier molecular flexibility index (Phi) is 2.24. The monoisotopic (exact) mass is 212 g/mol. The number of primary amides is 1. The number of hydroxylamine groups is 2. The normalized spacial score (nSPS) is 15.6. The third-order valence-electron chi connectivity index (χ3n) is 2.59. The largest absolute Gasteiger partial charge is 0.350 e. The van der Waals surface area contributed by atoms with Gasteiger partial charge in [-0.2, -0.15) is 9.75 Å². The second-order valence-corrected chi connectivity index (χ2v) is 3.51. The first-order valence-corrected chi connectivity index (χ1v) is 4.73. The molecule has 1 aliphatic rings. The minimum atomic E-state index is -0.861. The van der Waals surface area contributed by atoms with E-state index in [1.807, 2.05) is 4.68 Å². The summed E-state index contributed by atoms with van der Waals surface area (Å²) in [5.41, 5.74) is 5.80. The van der Waals surface area contributed by atoms with Crippen LogP contribution in [0.5, 0.6) is 0 Å². The molecule has 5 N–H and O–H groups in total. The average Bonchev–Trinajstić information content (AvgIpc) is 2.75. The second-order valence-electron chi connectivity index (χ2n) is 3.51. The van der Waals surface area contributed by atoms with Crippen molar-refractivity contribution < 1.29 is 14.7 Å². The zero-order chi connectivity index (χ0) is 11.0. The summed E-state index contributed by atoms with van der Waals surface area (Å²) in [6, 6.07) is -1.33. The summed E-state index contributed by atoms with van der Waals surface area (Å²) in [5.74, 6) is 0.891. The van der Waals surface area contributed by atoms with E-state index in [-0.39, 0.29) is 0 Å². The van der Waals surface area contributed by atoms with E-state index in [9.17, 15) is 10.0 Å². The molecule has 2 heterocycles. The Labute approximate surface area is 86.4 Å². The molecule has 0 saturated carbocycles. The van der Waals surface area contributed by atoms with Crippen molar-refractivity contribution in [2.24, 2.45) is 5.73 Å². The highest BCUT2D eigenvalue weighted by Gasteiger charge is 2.30. The number of amides is 2. The van der Waals surface area contributed by atoms with E-state index in [0.717, 1.165) is 24.5 Å². The van der Waals surface area contributed by atoms with Gasteiger partial charge in [0.05, 0.1) is 17.8 Å². The van der Waals surface area contributed by atoms with E-state index in [4.69, 9.17) is 5.73 Å². The molecule has 82 valence electrons. The van der Waals surface area contributed by atoms with Crippen molar-refractivity contribution in [3.8, 4) is 0 Å². The first-order valence-electron chi connectivity index (χ1n) is 4.73. The van der Waals surface area contributed by atoms with Crippen LogP contribution in [0, 0.1) is 0 Å². The fourth-order valence-corrected chi connectivity index (χ4v) is 1.74. The van der Waals surface area contributed by atoms with Crippen molar-refractivity contribution in [1.29, 1.82) is 0 Å². The number of nitrogens with two attached hydrogens (primary N) is 1. The Morgan fingerprint density at radius 2 is 2.53 bits per heavy atom. The number of rotatable bonds is 2. The minimum absolute atomic E-state index is 0.472. The lowest BCUT2D eigenvalue weighted by Crippen LogP contribution is -2.35. The summed E-state index contributed by atoms with van der Waals surface area (Å²) >= 11 is 0. The number of urea groups is 1. The van der Waals surface area contributed by atoms with Gasteiger partial charge in [0, 0.05) is 0 Å². The molecule has 0 aromatic carbocycles. The molecule has 0 radical (unpaired) electrons. The van der Waals surface area contributed by atoms with E-state index >= 15 is 0 Å². The van der Waals surface area contributed by atoms with Gasteiger partial charge in [-0.3, -0.25) is 10.5 Å². The van der Waals surface area contributed by atoms with Gasteiger partial charge >= 0.3 is 11.8 Å². The van der Waals surface area contributed by atoms with Gasteiger partial charge in [-0.15, -0.1) is 0 Å². The first-order chi connectivity index (χ1) is 7.11. The van der Waals surface area contributed by atoms with Crippen LogP contribution in [-0.2, 0) is 6.54 Å². The van der Waals surface area contributed by atoms with Crippen molar-refractivity contribution in [3.63, 3.8) is 0 Å². The molecular formula is C8H14N5O2+. The lowest BCUT2D eigenvalue weighted by atomic mass is 10.1. The topological polar surface area (TPSA) is 98.3 Å². The molecular weight excluding hydrogens is 198 g/mol. The average molecular weight is 212 g/mol. The van der Waals surface area contributed by atoms with Gasteiger partial charge in [-0.25, -0.2) is 9.89 Å². The lowest BCUT2D eigenvalue weighted by Gasteiger charge is -2.18. The molecule has 1 unspecified atom stereocenters. The maximum absolute atomic E-state index is 10.8. The number of aromatic nitrogens is 2. The molecule has 2 amide bonds. The number of carbonyl (C=O) groups is 1. The maximum Gasteiger partial charge on any atom is 0.339 e. The van der Waals surface area contributed by atoms with Crippen LogP contribution in [0.15, 0.2) is 6.20 Å². The maximum atomic E-state index is 10.8. The van der Waals surface area contributed by atoms with Crippen LogP contribution < -0.4 is 15.7 Å². The molecule has 0 fully saturated rings. The predicted molar refractivity (Wildman–Crippen MR) is 51.1 cm³/mol. The van der Waals surface area contributed by atoms with E-state index in [0.29, 0.717) is 5.06 Å². The zero-order valence-corrected chi connectivity index (χ0v) is 8.40. The number of carbonyl (C=O) groups excluding carboxylic acids is 1. The standard InChI is InChI=1S/C8H13N5O2/c1-5(13(15)8(9)14)6-4-11-12-3-2-10-7(6)12/h4-5,15H,2-3H2,1H3,(H3,9,10,11,14)/p+1. The number of H-pyrrole nitrogens is 1. The van der Waals surface area contributed by atoms with Crippen LogP contribution >= 0.6 is 0 Å². The highest BCUT2D eigenvalue weighted by molar-refractivity contribution is 5.71. The van der Waals surface area contributed by atoms with Crippen LogP contribution in [0.25, 0.3) is 0 Å². The van der Waals surface area contributed by atoms with Gasteiger partial charge in [-0.1, -0.05) is 0 Å². The Morgan fingerprint density at radius 1 is 1.80 bits per heavy atom. The van der Waals surface area contributed by atoms with Gasteiger partial charge in [0.1, 0.15) is 13.1 Å². The fraction of sp³-hybridized carbons (Fsp3) is 0.500. The van der Waals surface area contributed by atoms with Gasteiger partial charge in [0.2, 0.25) is 0 Å². The van der Waals surface area contributed by atoms with Gasteiger partial charge < -0.3 is 5.73 Å². The molecule has 1 atom stereocenters. The molecule has 15 heavy (non-hydrogen) atoms. The van der Waals surface area contributed by atoms with Crippen LogP contribution in [0.3, 0.4) is 0 Å². The van der Waals surface area contributed by atoms with Gasteiger partial charge in [0.25, 0.3) is 0 Å². The molecule has 0 spiro atoms. The summed E-state index contributed by atoms with van der Waals surface area (Å²) < 4.78 is 1.92. The number of nitrogens with zero attached hydrogens (tertiary/aromatic N) is 2. The Bertz CT molecular complexity index is 388. The third kappa shape index (κ3) is 1.50. The van der Waals surface area contributed by atoms with E-state index < -0.39 is 12.1 Å². The van der Waals surface area contributed by atoms with Gasteiger partial charge in [-0.05, 0) is 6.92 Å². The third-order valence-corrected chi connectivity index (χ3v) is 2.59. The zero-order valence-electron chi connectivity index (χ0n) is 8.40. The predicted octanol–water partition coefficient (Wildman–Crippen LogP) is -0.441. The van der Waals surface area contributed by atoms with E-state index in [1.165, 1.54) is 0 Å². The van der Waals surface area contributed by atoms with Crippen LogP contribution in [0.4, 0.5) is 10.6 Å². The van der Waals surface area contributed by atoms with Crippen molar-refractivity contribution in [1.82, 2.24) is 10.2 Å². The summed E-state index contributed by atoms with van der Waals surface area (Å²) in [7, 11) is 0. The van der Waals surface area contributed by atoms with Crippen molar-refractivity contribution in [3.05, 3.63) is 11.8 Å².